The van der Waals surface area contributed by atoms with Crippen LogP contribution < -0.4 is 10.3 Å². The number of fused-ring (bicyclic) bond motifs is 1. The van der Waals surface area contributed by atoms with Crippen LogP contribution in [0.15, 0.2) is 40.5 Å². The maximum atomic E-state index is 12.7. The average Bonchev–Trinajstić information content (AvgIpc) is 2.99. The molecule has 0 atom stereocenters. The molecular formula is C18H15F2N3O4S. The Kier molecular flexibility index (Phi) is 5.78. The summed E-state index contributed by atoms with van der Waals surface area (Å²) in [6.45, 7) is 0.559. The third-order valence-corrected chi connectivity index (χ3v) is 4.93. The fourth-order valence-electron chi connectivity index (χ4n) is 2.50. The Morgan fingerprint density at radius 2 is 2.14 bits per heavy atom. The third-order valence-electron chi connectivity index (χ3n) is 3.75. The highest BCUT2D eigenvalue weighted by Crippen LogP contribution is 2.27. The molecule has 0 saturated heterocycles. The number of aromatic nitrogens is 2. The summed E-state index contributed by atoms with van der Waals surface area (Å²) >= 11 is 1.06. The van der Waals surface area contributed by atoms with Gasteiger partial charge >= 0.3 is 12.6 Å². The smallest absolute Gasteiger partial charge is 0.387 e. The molecule has 0 saturated carbocycles. The summed E-state index contributed by atoms with van der Waals surface area (Å²) in [5, 5.41) is 4.26. The predicted molar refractivity (Wildman–Crippen MR) is 101 cm³/mol. The highest BCUT2D eigenvalue weighted by atomic mass is 32.1. The number of hydrogen-bond donors (Lipinski definition) is 0. The van der Waals surface area contributed by atoms with Crippen LogP contribution in [0.2, 0.25) is 0 Å². The molecule has 0 aliphatic rings. The van der Waals surface area contributed by atoms with E-state index in [-0.39, 0.29) is 23.3 Å². The summed E-state index contributed by atoms with van der Waals surface area (Å²) in [5.41, 5.74) is 0.240. The number of benzene rings is 1. The summed E-state index contributed by atoms with van der Waals surface area (Å²) in [5.74, 6) is -0.588. The van der Waals surface area contributed by atoms with Gasteiger partial charge in [-0.15, -0.1) is 11.3 Å². The molecule has 7 nitrogen and oxygen atoms in total. The highest BCUT2D eigenvalue weighted by Gasteiger charge is 2.20. The molecule has 2 heterocycles. The van der Waals surface area contributed by atoms with Crippen molar-refractivity contribution >= 4 is 33.7 Å². The lowest BCUT2D eigenvalue weighted by Gasteiger charge is -2.07. The summed E-state index contributed by atoms with van der Waals surface area (Å²) in [6.07, 6.45) is 2.42. The monoisotopic (exact) mass is 407 g/mol. The number of nitrogens with zero attached hydrogens (tertiary/aromatic N) is 3. The molecule has 146 valence electrons. The van der Waals surface area contributed by atoms with E-state index in [0.29, 0.717) is 15.3 Å². The van der Waals surface area contributed by atoms with Crippen LogP contribution in [-0.2, 0) is 4.74 Å². The standard InChI is InChI=1S/C18H15F2N3O4S/c1-3-26-17(25)14-10(2)13-15(28-14)21-9-23(16(13)24)22-8-11-6-4-5-7-12(11)27-18(19)20/h4-9,18H,3H2,1-2H3. The van der Waals surface area contributed by atoms with Crippen LogP contribution in [0.5, 0.6) is 5.75 Å². The van der Waals surface area contributed by atoms with Gasteiger partial charge in [-0.1, -0.05) is 12.1 Å². The molecule has 0 N–H and O–H groups in total. The molecule has 28 heavy (non-hydrogen) atoms. The number of carbonyl (C=O) groups excluding carboxylic acids is 1. The summed E-state index contributed by atoms with van der Waals surface area (Å²) in [4.78, 5) is 29.6. The molecule has 0 amide bonds. The van der Waals surface area contributed by atoms with Crippen molar-refractivity contribution in [2.45, 2.75) is 20.5 Å². The Labute approximate surface area is 161 Å². The van der Waals surface area contributed by atoms with E-state index in [9.17, 15) is 18.4 Å². The number of para-hydroxylation sites is 1. The molecule has 0 unspecified atom stereocenters. The van der Waals surface area contributed by atoms with Crippen molar-refractivity contribution in [1.82, 2.24) is 9.66 Å². The van der Waals surface area contributed by atoms with E-state index < -0.39 is 18.1 Å². The van der Waals surface area contributed by atoms with E-state index in [4.69, 9.17) is 4.74 Å². The second-order valence-corrected chi connectivity index (χ2v) is 6.51. The molecule has 10 heteroatoms. The Bertz CT molecular complexity index is 1110. The maximum absolute atomic E-state index is 12.7. The third kappa shape index (κ3) is 3.91. The average molecular weight is 407 g/mol. The van der Waals surface area contributed by atoms with Crippen molar-refractivity contribution in [3.63, 3.8) is 0 Å². The van der Waals surface area contributed by atoms with Gasteiger partial charge in [-0.05, 0) is 31.5 Å². The van der Waals surface area contributed by atoms with Crippen LogP contribution in [0.25, 0.3) is 10.2 Å². The number of aryl methyl sites for hydroxylation is 1. The topological polar surface area (TPSA) is 82.8 Å². The van der Waals surface area contributed by atoms with Gasteiger partial charge in [0.1, 0.15) is 21.8 Å². The minimum atomic E-state index is -2.98. The van der Waals surface area contributed by atoms with Gasteiger partial charge in [0.25, 0.3) is 5.56 Å². The zero-order valence-corrected chi connectivity index (χ0v) is 15.7. The van der Waals surface area contributed by atoms with Gasteiger partial charge in [0.2, 0.25) is 0 Å². The van der Waals surface area contributed by atoms with E-state index in [0.717, 1.165) is 16.0 Å². The van der Waals surface area contributed by atoms with Crippen molar-refractivity contribution in [2.24, 2.45) is 5.10 Å². The lowest BCUT2D eigenvalue weighted by Crippen LogP contribution is -2.17. The normalized spacial score (nSPS) is 11.5. The summed E-state index contributed by atoms with van der Waals surface area (Å²) < 4.78 is 35.4. The quantitative estimate of drug-likeness (QED) is 0.462. The van der Waals surface area contributed by atoms with Crippen LogP contribution in [0.4, 0.5) is 8.78 Å². The molecule has 0 bridgehead atoms. The molecule has 0 fully saturated rings. The number of alkyl halides is 2. The minimum absolute atomic E-state index is 0.0698. The van der Waals surface area contributed by atoms with Crippen molar-refractivity contribution in [3.05, 3.63) is 57.0 Å². The lowest BCUT2D eigenvalue weighted by molar-refractivity contribution is -0.0499. The fourth-order valence-corrected chi connectivity index (χ4v) is 3.54. The first-order valence-corrected chi connectivity index (χ1v) is 9.00. The number of thiophene rings is 1. The van der Waals surface area contributed by atoms with Crippen LogP contribution in [0.3, 0.4) is 0 Å². The predicted octanol–water partition coefficient (Wildman–Crippen LogP) is 3.43. The Hall–Kier alpha value is -3.14. The second kappa shape index (κ2) is 8.26. The van der Waals surface area contributed by atoms with Gasteiger partial charge < -0.3 is 9.47 Å². The number of halogens is 2. The number of carbonyl (C=O) groups is 1. The summed E-state index contributed by atoms with van der Waals surface area (Å²) in [6, 6.07) is 6.05. The number of esters is 1. The first-order valence-electron chi connectivity index (χ1n) is 8.18. The molecular weight excluding hydrogens is 392 g/mol. The van der Waals surface area contributed by atoms with Crippen LogP contribution in [-0.4, -0.2) is 35.1 Å². The molecule has 2 aromatic heterocycles. The van der Waals surface area contributed by atoms with E-state index in [1.165, 1.54) is 24.7 Å². The van der Waals surface area contributed by atoms with E-state index in [1.807, 2.05) is 0 Å². The number of ether oxygens (including phenoxy) is 2. The van der Waals surface area contributed by atoms with Gasteiger partial charge in [-0.25, -0.2) is 9.78 Å². The van der Waals surface area contributed by atoms with Gasteiger partial charge in [-0.2, -0.15) is 18.6 Å². The van der Waals surface area contributed by atoms with Crippen LogP contribution in [0, 0.1) is 6.92 Å². The molecule has 0 spiro atoms. The Balaban J connectivity index is 2.00. The van der Waals surface area contributed by atoms with Gasteiger partial charge in [0.05, 0.1) is 18.2 Å². The van der Waals surface area contributed by atoms with Crippen molar-refractivity contribution in [1.29, 1.82) is 0 Å². The Morgan fingerprint density at radius 3 is 2.86 bits per heavy atom. The van der Waals surface area contributed by atoms with Gasteiger partial charge in [-0.3, -0.25) is 4.79 Å². The zero-order chi connectivity index (χ0) is 20.3. The largest absolute Gasteiger partial charge is 0.462 e. The summed E-state index contributed by atoms with van der Waals surface area (Å²) in [7, 11) is 0. The molecule has 0 aliphatic carbocycles. The van der Waals surface area contributed by atoms with Crippen LogP contribution >= 0.6 is 11.3 Å². The van der Waals surface area contributed by atoms with E-state index >= 15 is 0 Å². The molecule has 3 aromatic rings. The van der Waals surface area contributed by atoms with E-state index in [2.05, 4.69) is 14.8 Å². The van der Waals surface area contributed by atoms with Crippen molar-refractivity contribution in [2.75, 3.05) is 6.61 Å². The molecule has 0 radical (unpaired) electrons. The molecule has 3 rings (SSSR count). The molecule has 0 aliphatic heterocycles. The highest BCUT2D eigenvalue weighted by molar-refractivity contribution is 7.20. The van der Waals surface area contributed by atoms with Crippen molar-refractivity contribution < 1.29 is 23.0 Å². The molecule has 1 aromatic carbocycles. The number of hydrogen-bond acceptors (Lipinski definition) is 7. The van der Waals surface area contributed by atoms with Gasteiger partial charge in [0, 0.05) is 5.56 Å². The lowest BCUT2D eigenvalue weighted by atomic mass is 10.2. The van der Waals surface area contributed by atoms with Gasteiger partial charge in [0.15, 0.2) is 0 Å². The first kappa shape index (κ1) is 19.6. The van der Waals surface area contributed by atoms with Crippen LogP contribution in [0.1, 0.15) is 27.7 Å². The van der Waals surface area contributed by atoms with Crippen molar-refractivity contribution in [3.8, 4) is 5.75 Å². The first-order chi connectivity index (χ1) is 13.4. The second-order valence-electron chi connectivity index (χ2n) is 5.51. The number of rotatable bonds is 6. The fraction of sp³-hybridized carbons (Fsp3) is 0.222. The Morgan fingerprint density at radius 1 is 1.39 bits per heavy atom. The maximum Gasteiger partial charge on any atom is 0.387 e. The van der Waals surface area contributed by atoms with E-state index in [1.54, 1.807) is 26.0 Å². The minimum Gasteiger partial charge on any atom is -0.462 e. The SMILES string of the molecule is CCOC(=O)c1sc2ncn(N=Cc3ccccc3OC(F)F)c(=O)c2c1C. The zero-order valence-electron chi connectivity index (χ0n) is 14.9.